The molecule has 0 spiro atoms. The summed E-state index contributed by atoms with van der Waals surface area (Å²) in [6, 6.07) is 5.77. The van der Waals surface area contributed by atoms with Crippen LogP contribution in [0.1, 0.15) is 48.7 Å². The van der Waals surface area contributed by atoms with Crippen molar-refractivity contribution in [3.8, 4) is 22.8 Å². The lowest BCUT2D eigenvalue weighted by Crippen LogP contribution is -2.40. The molecule has 1 amide bonds. The van der Waals surface area contributed by atoms with Crippen molar-refractivity contribution >= 4 is 5.91 Å². The normalized spacial score (nSPS) is 24.2. The number of amides is 1. The number of hydrogen-bond donors (Lipinski definition) is 2. The van der Waals surface area contributed by atoms with E-state index in [9.17, 15) is 4.79 Å². The molecule has 6 heteroatoms. The fourth-order valence-corrected chi connectivity index (χ4v) is 5.17. The number of hydrogen-bond acceptors (Lipinski definition) is 4. The SMILES string of the molecule is COc1ccc(-c2n[nH]c(C(=O)N[C@H](C)[C@H]3C[C@H]4CC[C@H]3C4)c2C)c(OC)c1. The van der Waals surface area contributed by atoms with E-state index in [4.69, 9.17) is 9.47 Å². The summed E-state index contributed by atoms with van der Waals surface area (Å²) in [4.78, 5) is 12.9. The second-order valence-electron chi connectivity index (χ2n) is 8.24. The zero-order chi connectivity index (χ0) is 19.8. The quantitative estimate of drug-likeness (QED) is 0.792. The van der Waals surface area contributed by atoms with Crippen LogP contribution in [0.15, 0.2) is 18.2 Å². The molecule has 2 aromatic rings. The van der Waals surface area contributed by atoms with Crippen LogP contribution in [0.4, 0.5) is 0 Å². The first-order valence-corrected chi connectivity index (χ1v) is 10.1. The first-order valence-electron chi connectivity index (χ1n) is 10.1. The Bertz CT molecular complexity index is 876. The van der Waals surface area contributed by atoms with E-state index in [-0.39, 0.29) is 11.9 Å². The number of carbonyl (C=O) groups is 1. The summed E-state index contributed by atoms with van der Waals surface area (Å²) in [5.74, 6) is 3.55. The van der Waals surface area contributed by atoms with Gasteiger partial charge in [0.2, 0.25) is 0 Å². The van der Waals surface area contributed by atoms with E-state index in [0.717, 1.165) is 28.7 Å². The molecule has 4 rings (SSSR count). The van der Waals surface area contributed by atoms with E-state index in [1.165, 1.54) is 25.7 Å². The zero-order valence-corrected chi connectivity index (χ0v) is 17.0. The number of aromatic amines is 1. The number of ether oxygens (including phenoxy) is 2. The minimum absolute atomic E-state index is 0.0843. The highest BCUT2D eigenvalue weighted by atomic mass is 16.5. The molecule has 2 aliphatic carbocycles. The topological polar surface area (TPSA) is 76.2 Å². The third-order valence-corrected chi connectivity index (χ3v) is 6.69. The molecular weight excluding hydrogens is 354 g/mol. The number of carbonyl (C=O) groups excluding carboxylic acids is 1. The smallest absolute Gasteiger partial charge is 0.269 e. The lowest BCUT2D eigenvalue weighted by molar-refractivity contribution is 0.0909. The lowest BCUT2D eigenvalue weighted by Gasteiger charge is -2.28. The van der Waals surface area contributed by atoms with Gasteiger partial charge >= 0.3 is 0 Å². The van der Waals surface area contributed by atoms with Crippen molar-refractivity contribution in [2.75, 3.05) is 14.2 Å². The van der Waals surface area contributed by atoms with Crippen LogP contribution < -0.4 is 14.8 Å². The van der Waals surface area contributed by atoms with Gasteiger partial charge < -0.3 is 14.8 Å². The summed E-state index contributed by atoms with van der Waals surface area (Å²) in [5, 5.41) is 10.6. The van der Waals surface area contributed by atoms with Gasteiger partial charge in [-0.1, -0.05) is 6.42 Å². The van der Waals surface area contributed by atoms with Crippen LogP contribution in [0.3, 0.4) is 0 Å². The van der Waals surface area contributed by atoms with Crippen molar-refractivity contribution in [2.24, 2.45) is 17.8 Å². The number of nitrogens with one attached hydrogen (secondary N) is 2. The molecule has 2 aliphatic rings. The Labute approximate surface area is 166 Å². The molecule has 0 unspecified atom stereocenters. The second-order valence-corrected chi connectivity index (χ2v) is 8.24. The summed E-state index contributed by atoms with van der Waals surface area (Å²) < 4.78 is 10.8. The number of H-pyrrole nitrogens is 1. The van der Waals surface area contributed by atoms with E-state index in [0.29, 0.717) is 23.1 Å². The van der Waals surface area contributed by atoms with E-state index >= 15 is 0 Å². The standard InChI is InChI=1S/C22H29N3O3/c1-12-20(17-8-7-16(27-3)11-19(17)28-4)24-25-21(12)22(26)23-13(2)18-10-14-5-6-15(18)9-14/h7-8,11,13-15,18H,5-6,9-10H2,1-4H3,(H,23,26)(H,24,25)/t13-,14+,15+,18-/m1/s1. The first-order chi connectivity index (χ1) is 13.5. The molecule has 0 aliphatic heterocycles. The Morgan fingerprint density at radius 1 is 1.25 bits per heavy atom. The van der Waals surface area contributed by atoms with Gasteiger partial charge in [0.25, 0.3) is 5.91 Å². The highest BCUT2D eigenvalue weighted by Gasteiger charge is 2.42. The minimum atomic E-state index is -0.0843. The fourth-order valence-electron chi connectivity index (χ4n) is 5.17. The van der Waals surface area contributed by atoms with Gasteiger partial charge in [0.15, 0.2) is 0 Å². The maximum atomic E-state index is 12.9. The van der Waals surface area contributed by atoms with Gasteiger partial charge in [-0.2, -0.15) is 5.10 Å². The molecule has 1 aromatic heterocycles. The molecule has 1 aromatic carbocycles. The number of rotatable bonds is 6. The number of aromatic nitrogens is 2. The van der Waals surface area contributed by atoms with Gasteiger partial charge in [0.05, 0.1) is 19.9 Å². The maximum absolute atomic E-state index is 12.9. The van der Waals surface area contributed by atoms with Crippen molar-refractivity contribution in [2.45, 2.75) is 45.6 Å². The predicted octanol–water partition coefficient (Wildman–Crippen LogP) is 3.96. The van der Waals surface area contributed by atoms with Gasteiger partial charge in [0, 0.05) is 23.2 Å². The van der Waals surface area contributed by atoms with Crippen LogP contribution >= 0.6 is 0 Å². The van der Waals surface area contributed by atoms with Crippen LogP contribution in [-0.2, 0) is 0 Å². The molecule has 0 radical (unpaired) electrons. The molecule has 2 N–H and O–H groups in total. The average molecular weight is 383 g/mol. The molecule has 2 fully saturated rings. The molecule has 0 saturated heterocycles. The van der Waals surface area contributed by atoms with E-state index in [1.54, 1.807) is 14.2 Å². The lowest BCUT2D eigenvalue weighted by atomic mass is 9.84. The number of benzene rings is 1. The highest BCUT2D eigenvalue weighted by molar-refractivity contribution is 5.95. The third kappa shape index (κ3) is 3.25. The van der Waals surface area contributed by atoms with Gasteiger partial charge in [0.1, 0.15) is 17.2 Å². The third-order valence-electron chi connectivity index (χ3n) is 6.69. The maximum Gasteiger partial charge on any atom is 0.269 e. The molecule has 150 valence electrons. The van der Waals surface area contributed by atoms with Crippen LogP contribution in [0.2, 0.25) is 0 Å². The molecule has 28 heavy (non-hydrogen) atoms. The van der Waals surface area contributed by atoms with E-state index in [1.807, 2.05) is 25.1 Å². The van der Waals surface area contributed by atoms with Crippen LogP contribution in [0.25, 0.3) is 11.3 Å². The van der Waals surface area contributed by atoms with Crippen LogP contribution in [-0.4, -0.2) is 36.4 Å². The molecule has 6 nitrogen and oxygen atoms in total. The minimum Gasteiger partial charge on any atom is -0.497 e. The molecule has 1 heterocycles. The van der Waals surface area contributed by atoms with Crippen LogP contribution in [0.5, 0.6) is 11.5 Å². The second kappa shape index (κ2) is 7.49. The van der Waals surface area contributed by atoms with Gasteiger partial charge in [-0.15, -0.1) is 0 Å². The average Bonchev–Trinajstić information content (AvgIpc) is 3.43. The summed E-state index contributed by atoms with van der Waals surface area (Å²) in [7, 11) is 3.24. The predicted molar refractivity (Wildman–Crippen MR) is 108 cm³/mol. The van der Waals surface area contributed by atoms with Gasteiger partial charge in [-0.3, -0.25) is 9.89 Å². The number of fused-ring (bicyclic) bond motifs is 2. The summed E-state index contributed by atoms with van der Waals surface area (Å²) in [5.41, 5.74) is 2.89. The summed E-state index contributed by atoms with van der Waals surface area (Å²) in [6.07, 6.45) is 5.28. The van der Waals surface area contributed by atoms with Crippen LogP contribution in [0, 0.1) is 24.7 Å². The first kappa shape index (κ1) is 18.8. The Kier molecular flexibility index (Phi) is 5.04. The Hall–Kier alpha value is -2.50. The van der Waals surface area contributed by atoms with Gasteiger partial charge in [-0.25, -0.2) is 0 Å². The van der Waals surface area contributed by atoms with E-state index in [2.05, 4.69) is 22.4 Å². The molecule has 2 bridgehead atoms. The van der Waals surface area contributed by atoms with E-state index < -0.39 is 0 Å². The van der Waals surface area contributed by atoms with Crippen molar-refractivity contribution in [1.82, 2.24) is 15.5 Å². The molecule has 4 atom stereocenters. The Morgan fingerprint density at radius 3 is 2.71 bits per heavy atom. The van der Waals surface area contributed by atoms with Crippen molar-refractivity contribution < 1.29 is 14.3 Å². The Balaban J connectivity index is 1.52. The number of nitrogens with zero attached hydrogens (tertiary/aromatic N) is 1. The van der Waals surface area contributed by atoms with Crippen molar-refractivity contribution in [1.29, 1.82) is 0 Å². The monoisotopic (exact) mass is 383 g/mol. The fraction of sp³-hybridized carbons (Fsp3) is 0.545. The molecule has 2 saturated carbocycles. The zero-order valence-electron chi connectivity index (χ0n) is 17.0. The van der Waals surface area contributed by atoms with Crippen molar-refractivity contribution in [3.63, 3.8) is 0 Å². The van der Waals surface area contributed by atoms with Crippen molar-refractivity contribution in [3.05, 3.63) is 29.5 Å². The largest absolute Gasteiger partial charge is 0.497 e. The highest BCUT2D eigenvalue weighted by Crippen LogP contribution is 2.49. The molecular formula is C22H29N3O3. The Morgan fingerprint density at radius 2 is 2.07 bits per heavy atom. The summed E-state index contributed by atoms with van der Waals surface area (Å²) in [6.45, 7) is 4.06. The summed E-state index contributed by atoms with van der Waals surface area (Å²) >= 11 is 0. The van der Waals surface area contributed by atoms with Gasteiger partial charge in [-0.05, 0) is 63.0 Å². The number of methoxy groups -OCH3 is 2.